The van der Waals surface area contributed by atoms with Crippen LogP contribution in [0.25, 0.3) is 0 Å². The zero-order chi connectivity index (χ0) is 13.1. The van der Waals surface area contributed by atoms with Crippen molar-refractivity contribution < 1.29 is 8.78 Å². The predicted octanol–water partition coefficient (Wildman–Crippen LogP) is 2.50. The number of halogens is 2. The Balaban J connectivity index is 1.86. The first-order chi connectivity index (χ1) is 8.58. The largest absolute Gasteiger partial charge is 0.312 e. The van der Waals surface area contributed by atoms with E-state index in [2.05, 4.69) is 10.6 Å². The summed E-state index contributed by atoms with van der Waals surface area (Å²) in [6.45, 7) is 4.73. The molecular formula is C14H20F2N2. The first-order valence-corrected chi connectivity index (χ1v) is 6.48. The van der Waals surface area contributed by atoms with E-state index < -0.39 is 11.6 Å². The highest BCUT2D eigenvalue weighted by molar-refractivity contribution is 5.26. The minimum Gasteiger partial charge on any atom is -0.312 e. The third-order valence-corrected chi connectivity index (χ3v) is 3.30. The molecular weight excluding hydrogens is 234 g/mol. The van der Waals surface area contributed by atoms with Crippen molar-refractivity contribution in [2.24, 2.45) is 0 Å². The molecule has 2 rings (SSSR count). The van der Waals surface area contributed by atoms with Gasteiger partial charge in [0.2, 0.25) is 0 Å². The second kappa shape index (κ2) is 5.76. The first-order valence-electron chi connectivity index (χ1n) is 6.48. The second-order valence-corrected chi connectivity index (χ2v) is 5.12. The third-order valence-electron chi connectivity index (χ3n) is 3.30. The number of nitrogens with one attached hydrogen (secondary N) is 2. The van der Waals surface area contributed by atoms with Crippen molar-refractivity contribution in [1.82, 2.24) is 10.6 Å². The average Bonchev–Trinajstić information content (AvgIpc) is 3.15. The quantitative estimate of drug-likeness (QED) is 0.815. The maximum atomic E-state index is 13.7. The molecule has 0 radical (unpaired) electrons. The van der Waals surface area contributed by atoms with Crippen molar-refractivity contribution in [2.45, 2.75) is 45.3 Å². The van der Waals surface area contributed by atoms with E-state index in [9.17, 15) is 8.78 Å². The van der Waals surface area contributed by atoms with Crippen LogP contribution in [-0.2, 0) is 6.54 Å². The van der Waals surface area contributed by atoms with Gasteiger partial charge in [-0.25, -0.2) is 8.78 Å². The van der Waals surface area contributed by atoms with Crippen molar-refractivity contribution >= 4 is 0 Å². The second-order valence-electron chi connectivity index (χ2n) is 5.12. The van der Waals surface area contributed by atoms with Crippen LogP contribution in [0.15, 0.2) is 12.1 Å². The molecule has 2 N–H and O–H groups in total. The summed E-state index contributed by atoms with van der Waals surface area (Å²) < 4.78 is 27.3. The van der Waals surface area contributed by atoms with Crippen LogP contribution < -0.4 is 10.6 Å². The Labute approximate surface area is 107 Å². The molecule has 1 aromatic carbocycles. The molecule has 4 heteroatoms. The van der Waals surface area contributed by atoms with E-state index in [1.807, 2.05) is 6.92 Å². The van der Waals surface area contributed by atoms with Gasteiger partial charge in [0.25, 0.3) is 0 Å². The zero-order valence-corrected chi connectivity index (χ0v) is 10.9. The molecule has 0 amide bonds. The van der Waals surface area contributed by atoms with Gasteiger partial charge in [-0.1, -0.05) is 6.07 Å². The summed E-state index contributed by atoms with van der Waals surface area (Å²) in [7, 11) is 0. The fourth-order valence-electron chi connectivity index (χ4n) is 1.86. The van der Waals surface area contributed by atoms with Gasteiger partial charge in [0.1, 0.15) is 11.6 Å². The zero-order valence-electron chi connectivity index (χ0n) is 10.9. The van der Waals surface area contributed by atoms with E-state index in [1.54, 1.807) is 6.92 Å². The van der Waals surface area contributed by atoms with Gasteiger partial charge < -0.3 is 10.6 Å². The van der Waals surface area contributed by atoms with Crippen LogP contribution >= 0.6 is 0 Å². The monoisotopic (exact) mass is 254 g/mol. The van der Waals surface area contributed by atoms with Gasteiger partial charge in [0.15, 0.2) is 0 Å². The van der Waals surface area contributed by atoms with Crippen molar-refractivity contribution in [2.75, 3.05) is 6.54 Å². The minimum atomic E-state index is -0.479. The molecule has 0 spiro atoms. The smallest absolute Gasteiger partial charge is 0.133 e. The Hall–Kier alpha value is -1.00. The molecule has 0 heterocycles. The molecule has 18 heavy (non-hydrogen) atoms. The third kappa shape index (κ3) is 3.50. The summed E-state index contributed by atoms with van der Waals surface area (Å²) in [6.07, 6.45) is 2.49. The van der Waals surface area contributed by atoms with Crippen LogP contribution in [0.2, 0.25) is 0 Å². The summed E-state index contributed by atoms with van der Waals surface area (Å²) in [6, 6.07) is 3.64. The van der Waals surface area contributed by atoms with Crippen molar-refractivity contribution in [3.63, 3.8) is 0 Å². The van der Waals surface area contributed by atoms with E-state index in [0.29, 0.717) is 11.6 Å². The van der Waals surface area contributed by atoms with E-state index in [0.717, 1.165) is 6.54 Å². The molecule has 2 nitrogen and oxygen atoms in total. The normalized spacial score (nSPS) is 16.9. The highest BCUT2D eigenvalue weighted by Gasteiger charge is 2.21. The standard InChI is InChI=1S/C14H20F2N2/c1-9-3-6-13(15)12(14(9)16)8-17-10(2)7-18-11-4-5-11/h3,6,10-11,17-18H,4-5,7-8H2,1-2H3. The lowest BCUT2D eigenvalue weighted by atomic mass is 10.1. The molecule has 1 atom stereocenters. The summed E-state index contributed by atoms with van der Waals surface area (Å²) >= 11 is 0. The predicted molar refractivity (Wildman–Crippen MR) is 68.4 cm³/mol. The molecule has 0 aliphatic heterocycles. The van der Waals surface area contributed by atoms with Gasteiger partial charge in [-0.3, -0.25) is 0 Å². The highest BCUT2D eigenvalue weighted by Crippen LogP contribution is 2.18. The van der Waals surface area contributed by atoms with Gasteiger partial charge in [-0.05, 0) is 38.3 Å². The van der Waals surface area contributed by atoms with E-state index >= 15 is 0 Å². The summed E-state index contributed by atoms with van der Waals surface area (Å²) in [4.78, 5) is 0. The van der Waals surface area contributed by atoms with Crippen LogP contribution in [0.3, 0.4) is 0 Å². The van der Waals surface area contributed by atoms with E-state index in [4.69, 9.17) is 0 Å². The van der Waals surface area contributed by atoms with Gasteiger partial charge in [0, 0.05) is 30.7 Å². The van der Waals surface area contributed by atoms with Gasteiger partial charge in [-0.15, -0.1) is 0 Å². The number of benzene rings is 1. The molecule has 1 aliphatic rings. The molecule has 1 saturated carbocycles. The van der Waals surface area contributed by atoms with Gasteiger partial charge >= 0.3 is 0 Å². The Morgan fingerprint density at radius 3 is 2.72 bits per heavy atom. The van der Waals surface area contributed by atoms with E-state index in [1.165, 1.54) is 25.0 Å². The summed E-state index contributed by atoms with van der Waals surface area (Å²) in [5, 5.41) is 6.53. The summed E-state index contributed by atoms with van der Waals surface area (Å²) in [5.74, 6) is -0.919. The molecule has 0 aromatic heterocycles. The lowest BCUT2D eigenvalue weighted by Crippen LogP contribution is -2.37. The average molecular weight is 254 g/mol. The number of hydrogen-bond donors (Lipinski definition) is 2. The van der Waals surface area contributed by atoms with Gasteiger partial charge in [0.05, 0.1) is 0 Å². The first kappa shape index (κ1) is 13.4. The number of aryl methyl sites for hydroxylation is 1. The molecule has 1 unspecified atom stereocenters. The van der Waals surface area contributed by atoms with Crippen molar-refractivity contribution in [3.8, 4) is 0 Å². The Kier molecular flexibility index (Phi) is 4.30. The molecule has 100 valence electrons. The van der Waals surface area contributed by atoms with Crippen molar-refractivity contribution in [3.05, 3.63) is 34.9 Å². The minimum absolute atomic E-state index is 0.133. The van der Waals surface area contributed by atoms with Crippen LogP contribution in [0.1, 0.15) is 30.9 Å². The molecule has 1 aliphatic carbocycles. The lowest BCUT2D eigenvalue weighted by molar-refractivity contribution is 0.474. The topological polar surface area (TPSA) is 24.1 Å². The fourth-order valence-corrected chi connectivity index (χ4v) is 1.86. The van der Waals surface area contributed by atoms with Crippen LogP contribution in [0, 0.1) is 18.6 Å². The van der Waals surface area contributed by atoms with Crippen LogP contribution in [0.4, 0.5) is 8.78 Å². The summed E-state index contributed by atoms with van der Waals surface area (Å²) in [5.41, 5.74) is 0.616. The molecule has 1 aromatic rings. The lowest BCUT2D eigenvalue weighted by Gasteiger charge is -2.15. The van der Waals surface area contributed by atoms with Crippen LogP contribution in [0.5, 0.6) is 0 Å². The van der Waals surface area contributed by atoms with Crippen LogP contribution in [-0.4, -0.2) is 18.6 Å². The van der Waals surface area contributed by atoms with Crippen molar-refractivity contribution in [1.29, 1.82) is 0 Å². The number of hydrogen-bond acceptors (Lipinski definition) is 2. The molecule has 1 fully saturated rings. The maximum absolute atomic E-state index is 13.7. The number of rotatable bonds is 6. The SMILES string of the molecule is Cc1ccc(F)c(CNC(C)CNC2CC2)c1F. The van der Waals surface area contributed by atoms with E-state index in [-0.39, 0.29) is 18.2 Å². The Bertz CT molecular complexity index is 417. The molecule has 0 bridgehead atoms. The highest BCUT2D eigenvalue weighted by atomic mass is 19.1. The maximum Gasteiger partial charge on any atom is 0.133 e. The Morgan fingerprint density at radius 1 is 1.33 bits per heavy atom. The van der Waals surface area contributed by atoms with Gasteiger partial charge in [-0.2, -0.15) is 0 Å². The molecule has 0 saturated heterocycles. The Morgan fingerprint density at radius 2 is 2.06 bits per heavy atom. The fraction of sp³-hybridized carbons (Fsp3) is 0.571.